The molecule has 0 saturated heterocycles. The molecule has 0 bridgehead atoms. The van der Waals surface area contributed by atoms with Gasteiger partial charge in [0, 0.05) is 18.7 Å². The fourth-order valence-electron chi connectivity index (χ4n) is 3.43. The van der Waals surface area contributed by atoms with Crippen LogP contribution in [0.3, 0.4) is 0 Å². The molecule has 4 amide bonds. The van der Waals surface area contributed by atoms with Gasteiger partial charge in [0.15, 0.2) is 0 Å². The number of imide groups is 1. The van der Waals surface area contributed by atoms with Crippen molar-refractivity contribution in [3.8, 4) is 11.8 Å². The predicted molar refractivity (Wildman–Crippen MR) is 104 cm³/mol. The molecule has 148 valence electrons. The van der Waals surface area contributed by atoms with E-state index < -0.39 is 11.6 Å². The van der Waals surface area contributed by atoms with Crippen LogP contribution in [0, 0.1) is 11.3 Å². The Balaban J connectivity index is 1.90. The van der Waals surface area contributed by atoms with Crippen molar-refractivity contribution < 1.29 is 19.1 Å². The Hall–Kier alpha value is -3.86. The summed E-state index contributed by atoms with van der Waals surface area (Å²) in [4.78, 5) is 37.3. The molecule has 1 heterocycles. The summed E-state index contributed by atoms with van der Waals surface area (Å²) in [6, 6.07) is 13.4. The first-order valence-corrected chi connectivity index (χ1v) is 8.89. The fourth-order valence-corrected chi connectivity index (χ4v) is 3.43. The zero-order valence-electron chi connectivity index (χ0n) is 16.1. The third kappa shape index (κ3) is 4.04. The van der Waals surface area contributed by atoms with Gasteiger partial charge in [0.25, 0.3) is 5.91 Å². The van der Waals surface area contributed by atoms with E-state index in [0.29, 0.717) is 29.0 Å². The maximum absolute atomic E-state index is 12.9. The predicted octanol–water partition coefficient (Wildman–Crippen LogP) is 1.89. The van der Waals surface area contributed by atoms with Gasteiger partial charge in [-0.15, -0.1) is 0 Å². The monoisotopic (exact) mass is 392 g/mol. The van der Waals surface area contributed by atoms with Gasteiger partial charge in [0.2, 0.25) is 6.41 Å². The quantitative estimate of drug-likeness (QED) is 0.729. The number of rotatable bonds is 6. The second-order valence-corrected chi connectivity index (χ2v) is 6.92. The molecule has 1 aliphatic rings. The van der Waals surface area contributed by atoms with Crippen molar-refractivity contribution >= 4 is 18.3 Å². The molecule has 0 aromatic heterocycles. The molecule has 8 heteroatoms. The van der Waals surface area contributed by atoms with Crippen LogP contribution in [0.15, 0.2) is 42.5 Å². The Morgan fingerprint density at radius 3 is 2.66 bits per heavy atom. The van der Waals surface area contributed by atoms with Crippen LogP contribution in [0.5, 0.6) is 5.75 Å². The number of benzene rings is 2. The molecule has 0 spiro atoms. The van der Waals surface area contributed by atoms with Crippen LogP contribution in [0.1, 0.15) is 34.0 Å². The van der Waals surface area contributed by atoms with Gasteiger partial charge >= 0.3 is 6.03 Å². The van der Waals surface area contributed by atoms with Crippen LogP contribution < -0.4 is 15.4 Å². The van der Waals surface area contributed by atoms with Crippen molar-refractivity contribution in [3.63, 3.8) is 0 Å². The van der Waals surface area contributed by atoms with Crippen LogP contribution in [-0.4, -0.2) is 36.9 Å². The van der Waals surface area contributed by atoms with E-state index in [9.17, 15) is 14.4 Å². The highest BCUT2D eigenvalue weighted by atomic mass is 16.5. The van der Waals surface area contributed by atoms with Crippen molar-refractivity contribution in [1.29, 1.82) is 5.26 Å². The van der Waals surface area contributed by atoms with Crippen LogP contribution in [0.25, 0.3) is 0 Å². The number of hydrogen-bond donors (Lipinski definition) is 2. The number of hydrogen-bond acceptors (Lipinski definition) is 5. The molecule has 29 heavy (non-hydrogen) atoms. The summed E-state index contributed by atoms with van der Waals surface area (Å²) in [5.41, 5.74) is 1.60. The van der Waals surface area contributed by atoms with E-state index in [1.165, 1.54) is 7.11 Å². The summed E-state index contributed by atoms with van der Waals surface area (Å²) in [5.74, 6) is 0.425. The van der Waals surface area contributed by atoms with Gasteiger partial charge in [0.1, 0.15) is 5.75 Å². The lowest BCUT2D eigenvalue weighted by Crippen LogP contribution is -2.54. The summed E-state index contributed by atoms with van der Waals surface area (Å²) in [7, 11) is 1.54. The maximum Gasteiger partial charge on any atom is 0.321 e. The Morgan fingerprint density at radius 2 is 2.03 bits per heavy atom. The zero-order valence-corrected chi connectivity index (χ0v) is 16.1. The number of ether oxygens (including phenoxy) is 1. The van der Waals surface area contributed by atoms with E-state index in [1.54, 1.807) is 48.2 Å². The summed E-state index contributed by atoms with van der Waals surface area (Å²) >= 11 is 0. The van der Waals surface area contributed by atoms with Crippen molar-refractivity contribution in [2.24, 2.45) is 0 Å². The molecule has 2 N–H and O–H groups in total. The number of nitriles is 1. The van der Waals surface area contributed by atoms with Crippen LogP contribution in [-0.2, 0) is 16.9 Å². The Labute approximate surface area is 168 Å². The molecule has 1 atom stereocenters. The Morgan fingerprint density at radius 1 is 1.31 bits per heavy atom. The van der Waals surface area contributed by atoms with Crippen molar-refractivity contribution in [1.82, 2.24) is 15.5 Å². The number of nitrogens with one attached hydrogen (secondary N) is 2. The molecule has 2 aromatic carbocycles. The second kappa shape index (κ2) is 8.02. The SMILES string of the molecule is COc1ccc2c(c1)C(=O)N(C[C@](C)(NC(=O)NC=O)c1ccc(C#N)cc1)C2. The van der Waals surface area contributed by atoms with Gasteiger partial charge in [0.05, 0.1) is 24.3 Å². The molecule has 0 unspecified atom stereocenters. The first kappa shape index (κ1) is 19.9. The molecule has 0 aliphatic carbocycles. The largest absolute Gasteiger partial charge is 0.497 e. The lowest BCUT2D eigenvalue weighted by Gasteiger charge is -2.35. The molecule has 3 rings (SSSR count). The van der Waals surface area contributed by atoms with E-state index in [1.807, 2.05) is 12.1 Å². The molecular formula is C21H20N4O4. The standard InChI is InChI=1S/C21H20N4O4/c1-21(24-20(28)23-13-26,16-6-3-14(10-22)4-7-16)12-25-11-15-5-8-17(29-2)9-18(15)19(25)27/h3-9,13H,11-12H2,1-2H3,(H2,23,24,26,28)/t21-/m0/s1. The molecular weight excluding hydrogens is 372 g/mol. The Bertz CT molecular complexity index is 997. The fraction of sp³-hybridized carbons (Fsp3) is 0.238. The van der Waals surface area contributed by atoms with Crippen molar-refractivity contribution in [2.75, 3.05) is 13.7 Å². The average Bonchev–Trinajstić information content (AvgIpc) is 3.02. The van der Waals surface area contributed by atoms with Crippen molar-refractivity contribution in [3.05, 3.63) is 64.7 Å². The van der Waals surface area contributed by atoms with Gasteiger partial charge in [-0.05, 0) is 42.3 Å². The van der Waals surface area contributed by atoms with Crippen LogP contribution in [0.4, 0.5) is 4.79 Å². The summed E-state index contributed by atoms with van der Waals surface area (Å²) in [5, 5.41) is 13.8. The van der Waals surface area contributed by atoms with E-state index in [0.717, 1.165) is 5.56 Å². The highest BCUT2D eigenvalue weighted by Gasteiger charge is 2.36. The number of methoxy groups -OCH3 is 1. The lowest BCUT2D eigenvalue weighted by atomic mass is 9.90. The van der Waals surface area contributed by atoms with Gasteiger partial charge in [-0.2, -0.15) is 5.26 Å². The van der Waals surface area contributed by atoms with Crippen molar-refractivity contribution in [2.45, 2.75) is 19.0 Å². The molecule has 0 saturated carbocycles. The molecule has 2 aromatic rings. The van der Waals surface area contributed by atoms with Crippen LogP contribution >= 0.6 is 0 Å². The first-order chi connectivity index (χ1) is 13.9. The minimum absolute atomic E-state index is 0.168. The molecule has 0 fully saturated rings. The molecule has 0 radical (unpaired) electrons. The van der Waals surface area contributed by atoms with Gasteiger partial charge in [-0.3, -0.25) is 14.9 Å². The number of nitrogens with zero attached hydrogens (tertiary/aromatic N) is 2. The summed E-state index contributed by atoms with van der Waals surface area (Å²) in [6.45, 7) is 2.32. The summed E-state index contributed by atoms with van der Waals surface area (Å²) < 4.78 is 5.20. The number of urea groups is 1. The van der Waals surface area contributed by atoms with E-state index in [2.05, 4.69) is 10.6 Å². The smallest absolute Gasteiger partial charge is 0.321 e. The van der Waals surface area contributed by atoms with E-state index >= 15 is 0 Å². The van der Waals surface area contributed by atoms with Gasteiger partial charge < -0.3 is 15.0 Å². The summed E-state index contributed by atoms with van der Waals surface area (Å²) in [6.07, 6.45) is 0.289. The number of carbonyl (C=O) groups is 3. The lowest BCUT2D eigenvalue weighted by molar-refractivity contribution is -0.108. The van der Waals surface area contributed by atoms with Gasteiger partial charge in [-0.1, -0.05) is 18.2 Å². The third-order valence-electron chi connectivity index (χ3n) is 4.93. The van der Waals surface area contributed by atoms with Gasteiger partial charge in [-0.25, -0.2) is 4.79 Å². The topological polar surface area (TPSA) is 112 Å². The average molecular weight is 392 g/mol. The third-order valence-corrected chi connectivity index (χ3v) is 4.93. The van der Waals surface area contributed by atoms with E-state index in [4.69, 9.17) is 10.00 Å². The highest BCUT2D eigenvalue weighted by Crippen LogP contribution is 2.30. The molecule has 8 nitrogen and oxygen atoms in total. The molecule has 1 aliphatic heterocycles. The minimum atomic E-state index is -0.997. The maximum atomic E-state index is 12.9. The highest BCUT2D eigenvalue weighted by molar-refractivity contribution is 5.98. The van der Waals surface area contributed by atoms with Crippen LogP contribution in [0.2, 0.25) is 0 Å². The number of amides is 4. The first-order valence-electron chi connectivity index (χ1n) is 8.89. The van der Waals surface area contributed by atoms with E-state index in [-0.39, 0.29) is 18.9 Å². The number of fused-ring (bicyclic) bond motifs is 1. The normalized spacial score (nSPS) is 14.4. The zero-order chi connectivity index (χ0) is 21.0. The number of carbonyl (C=O) groups excluding carboxylic acids is 3. The minimum Gasteiger partial charge on any atom is -0.497 e. The second-order valence-electron chi connectivity index (χ2n) is 6.92. The Kier molecular flexibility index (Phi) is 5.50.